The molecule has 6 nitrogen and oxygen atoms in total. The zero-order valence-corrected chi connectivity index (χ0v) is 19.1. The van der Waals surface area contributed by atoms with Crippen molar-refractivity contribution in [2.75, 3.05) is 25.1 Å². The van der Waals surface area contributed by atoms with E-state index in [1.165, 1.54) is 19.4 Å². The summed E-state index contributed by atoms with van der Waals surface area (Å²) >= 11 is 0. The van der Waals surface area contributed by atoms with Gasteiger partial charge in [0.15, 0.2) is 0 Å². The Hall–Kier alpha value is -4.13. The molecule has 0 amide bonds. The zero-order chi connectivity index (χ0) is 26.1. The molecule has 186 valence electrons. The van der Waals surface area contributed by atoms with Crippen LogP contribution in [0.15, 0.2) is 54.7 Å². The molecule has 1 fully saturated rings. The Balaban J connectivity index is 1.63. The van der Waals surface area contributed by atoms with Gasteiger partial charge < -0.3 is 14.7 Å². The molecule has 2 heterocycles. The van der Waals surface area contributed by atoms with Crippen LogP contribution in [0.5, 0.6) is 5.75 Å². The Morgan fingerprint density at radius 2 is 1.86 bits per heavy atom. The van der Waals surface area contributed by atoms with Crippen LogP contribution in [0.2, 0.25) is 0 Å². The van der Waals surface area contributed by atoms with Crippen LogP contribution in [0, 0.1) is 17.1 Å². The molecular formula is C26H21F4N3O3. The molecule has 1 aliphatic heterocycles. The third-order valence-electron chi connectivity index (χ3n) is 6.57. The smallest absolute Gasteiger partial charge is 0.416 e. The van der Waals surface area contributed by atoms with Gasteiger partial charge in [0.1, 0.15) is 23.3 Å². The number of alkyl halides is 3. The zero-order valence-electron chi connectivity index (χ0n) is 19.1. The molecule has 0 saturated carbocycles. The second-order valence-electron chi connectivity index (χ2n) is 8.47. The number of hydrogen-bond acceptors (Lipinski definition) is 5. The van der Waals surface area contributed by atoms with Gasteiger partial charge in [0.25, 0.3) is 0 Å². The van der Waals surface area contributed by atoms with Crippen LogP contribution < -0.4 is 9.64 Å². The van der Waals surface area contributed by atoms with E-state index in [1.54, 1.807) is 35.2 Å². The summed E-state index contributed by atoms with van der Waals surface area (Å²) in [6, 6.07) is 12.6. The molecule has 3 aromatic rings. The number of para-hydroxylation sites is 1. The number of benzene rings is 2. The molecule has 1 aliphatic rings. The maximum absolute atomic E-state index is 15.2. The molecule has 10 heteroatoms. The van der Waals surface area contributed by atoms with E-state index in [2.05, 4.69) is 4.98 Å². The van der Waals surface area contributed by atoms with Crippen LogP contribution in [-0.4, -0.2) is 36.3 Å². The predicted molar refractivity (Wildman–Crippen MR) is 123 cm³/mol. The number of carbonyl (C=O) groups is 1. The highest BCUT2D eigenvalue weighted by Crippen LogP contribution is 2.40. The lowest BCUT2D eigenvalue weighted by molar-refractivity contribution is -0.145. The number of anilines is 1. The normalized spacial score (nSPS) is 15.3. The summed E-state index contributed by atoms with van der Waals surface area (Å²) in [5.74, 6) is -1.43. The number of aromatic nitrogens is 1. The Morgan fingerprint density at radius 1 is 1.17 bits per heavy atom. The van der Waals surface area contributed by atoms with Crippen molar-refractivity contribution in [3.63, 3.8) is 0 Å². The Labute approximate surface area is 204 Å². The van der Waals surface area contributed by atoms with Crippen molar-refractivity contribution in [1.82, 2.24) is 4.98 Å². The summed E-state index contributed by atoms with van der Waals surface area (Å²) in [7, 11) is 1.45. The first-order valence-electron chi connectivity index (χ1n) is 11.0. The van der Waals surface area contributed by atoms with Gasteiger partial charge in [-0.1, -0.05) is 12.1 Å². The van der Waals surface area contributed by atoms with Gasteiger partial charge in [0.05, 0.1) is 29.3 Å². The van der Waals surface area contributed by atoms with E-state index in [0.717, 1.165) is 18.2 Å². The fraction of sp³-hybridized carbons (Fsp3) is 0.269. The summed E-state index contributed by atoms with van der Waals surface area (Å²) in [5.41, 5.74) is -1.59. The molecule has 0 aliphatic carbocycles. The first kappa shape index (κ1) is 25.0. The van der Waals surface area contributed by atoms with Crippen LogP contribution in [0.25, 0.3) is 11.3 Å². The van der Waals surface area contributed by atoms with Crippen molar-refractivity contribution in [2.24, 2.45) is 0 Å². The van der Waals surface area contributed by atoms with E-state index in [0.29, 0.717) is 17.0 Å². The molecule has 0 unspecified atom stereocenters. The van der Waals surface area contributed by atoms with E-state index in [1.807, 2.05) is 0 Å². The maximum Gasteiger partial charge on any atom is 0.416 e. The van der Waals surface area contributed by atoms with E-state index >= 15 is 4.39 Å². The number of halogens is 4. The van der Waals surface area contributed by atoms with Gasteiger partial charge in [-0.25, -0.2) is 4.39 Å². The highest BCUT2D eigenvalue weighted by molar-refractivity contribution is 5.82. The van der Waals surface area contributed by atoms with Crippen LogP contribution in [-0.2, 0) is 16.4 Å². The first-order chi connectivity index (χ1) is 17.1. The van der Waals surface area contributed by atoms with Crippen molar-refractivity contribution in [1.29, 1.82) is 5.26 Å². The molecule has 1 aromatic heterocycles. The van der Waals surface area contributed by atoms with Crippen molar-refractivity contribution in [3.05, 3.63) is 77.2 Å². The molecule has 4 rings (SSSR count). The third kappa shape index (κ3) is 4.44. The minimum atomic E-state index is -4.59. The lowest BCUT2D eigenvalue weighted by Crippen LogP contribution is -2.47. The monoisotopic (exact) mass is 499 g/mol. The fourth-order valence-corrected chi connectivity index (χ4v) is 4.57. The van der Waals surface area contributed by atoms with Gasteiger partial charge in [-0.2, -0.15) is 18.4 Å². The molecule has 0 radical (unpaired) electrons. The maximum atomic E-state index is 15.2. The number of rotatable bonds is 5. The molecular weight excluding hydrogens is 478 g/mol. The number of ether oxygens (including phenoxy) is 1. The predicted octanol–water partition coefficient (Wildman–Crippen LogP) is 5.41. The van der Waals surface area contributed by atoms with E-state index in [4.69, 9.17) is 4.74 Å². The molecule has 0 spiro atoms. The molecule has 1 N–H and O–H groups in total. The number of piperidine rings is 1. The standard InChI is InChI=1S/C26H21F4N3O3/c1-36-22-5-3-2-4-19(22)23-20(27)13-18(15-32-23)25(24(34)35)8-10-33(11-9-25)21-7-6-17(26(28,29)30)12-16(21)14-31/h2-7,12-13,15H,8-11H2,1H3,(H,34,35). The average molecular weight is 499 g/mol. The van der Waals surface area contributed by atoms with Crippen molar-refractivity contribution in [2.45, 2.75) is 24.4 Å². The SMILES string of the molecule is COc1ccccc1-c1ncc(C2(C(=O)O)CCN(c3ccc(C(F)(F)F)cc3C#N)CC2)cc1F. The molecule has 0 atom stereocenters. The summed E-state index contributed by atoms with van der Waals surface area (Å²) in [6.45, 7) is 0.282. The molecule has 2 aromatic carbocycles. The molecule has 0 bridgehead atoms. The second-order valence-corrected chi connectivity index (χ2v) is 8.47. The first-order valence-corrected chi connectivity index (χ1v) is 11.0. The van der Waals surface area contributed by atoms with Crippen molar-refractivity contribution < 1.29 is 32.2 Å². The van der Waals surface area contributed by atoms with Crippen LogP contribution >= 0.6 is 0 Å². The quantitative estimate of drug-likeness (QED) is 0.473. The van der Waals surface area contributed by atoms with E-state index in [-0.39, 0.29) is 42.8 Å². The van der Waals surface area contributed by atoms with Gasteiger partial charge in [-0.3, -0.25) is 9.78 Å². The largest absolute Gasteiger partial charge is 0.496 e. The van der Waals surface area contributed by atoms with Crippen LogP contribution in [0.3, 0.4) is 0 Å². The average Bonchev–Trinajstić information content (AvgIpc) is 2.87. The lowest BCUT2D eigenvalue weighted by Gasteiger charge is -2.40. The van der Waals surface area contributed by atoms with Gasteiger partial charge in [0, 0.05) is 24.8 Å². The number of methoxy groups -OCH3 is 1. The van der Waals surface area contributed by atoms with Crippen molar-refractivity contribution >= 4 is 11.7 Å². The van der Waals surface area contributed by atoms with Gasteiger partial charge in [0.2, 0.25) is 0 Å². The second kappa shape index (κ2) is 9.49. The minimum absolute atomic E-state index is 0.0255. The summed E-state index contributed by atoms with van der Waals surface area (Å²) in [5, 5.41) is 19.5. The van der Waals surface area contributed by atoms with Gasteiger partial charge in [-0.05, 0) is 54.8 Å². The van der Waals surface area contributed by atoms with Crippen molar-refractivity contribution in [3.8, 4) is 23.1 Å². The van der Waals surface area contributed by atoms with E-state index < -0.39 is 28.9 Å². The number of aliphatic carboxylic acids is 1. The fourth-order valence-electron chi connectivity index (χ4n) is 4.57. The van der Waals surface area contributed by atoms with Gasteiger partial charge >= 0.3 is 12.1 Å². The lowest BCUT2D eigenvalue weighted by atomic mass is 9.73. The Kier molecular flexibility index (Phi) is 6.59. The highest BCUT2D eigenvalue weighted by Gasteiger charge is 2.44. The highest BCUT2D eigenvalue weighted by atomic mass is 19.4. The summed E-state index contributed by atoms with van der Waals surface area (Å²) in [6.07, 6.45) is -3.16. The summed E-state index contributed by atoms with van der Waals surface area (Å²) < 4.78 is 59.5. The van der Waals surface area contributed by atoms with Crippen LogP contribution in [0.1, 0.15) is 29.5 Å². The minimum Gasteiger partial charge on any atom is -0.496 e. The van der Waals surface area contributed by atoms with Crippen LogP contribution in [0.4, 0.5) is 23.2 Å². The van der Waals surface area contributed by atoms with Gasteiger partial charge in [-0.15, -0.1) is 0 Å². The Bertz CT molecular complexity index is 1340. The molecule has 36 heavy (non-hydrogen) atoms. The number of pyridine rings is 1. The number of carboxylic acid groups (broad SMARTS) is 1. The summed E-state index contributed by atoms with van der Waals surface area (Å²) in [4.78, 5) is 18.3. The van der Waals surface area contributed by atoms with E-state index in [9.17, 15) is 28.3 Å². The topological polar surface area (TPSA) is 86.5 Å². The third-order valence-corrected chi connectivity index (χ3v) is 6.57. The number of nitriles is 1. The number of nitrogens with zero attached hydrogens (tertiary/aromatic N) is 3. The number of hydrogen-bond donors (Lipinski definition) is 1. The Morgan fingerprint density at radius 3 is 2.44 bits per heavy atom. The number of carboxylic acids is 1. The molecule has 1 saturated heterocycles.